The Morgan fingerprint density at radius 2 is 1.98 bits per heavy atom. The maximum absolute atomic E-state index is 16.6. The van der Waals surface area contributed by atoms with Crippen molar-refractivity contribution in [1.82, 2.24) is 24.8 Å². The largest absolute Gasteiger partial charge is 0.489 e. The summed E-state index contributed by atoms with van der Waals surface area (Å²) in [5.41, 5.74) is 11.8. The zero-order valence-corrected chi connectivity index (χ0v) is 29.6. The molecular formula is C35H32ClF4N9O2S. The highest BCUT2D eigenvalue weighted by molar-refractivity contribution is 7.23. The van der Waals surface area contributed by atoms with E-state index in [1.165, 1.54) is 13.5 Å². The fraction of sp³-hybridized carbons (Fsp3) is 0.400. The summed E-state index contributed by atoms with van der Waals surface area (Å²) in [4.78, 5) is 21.3. The minimum Gasteiger partial charge on any atom is -0.489 e. The van der Waals surface area contributed by atoms with Crippen LogP contribution in [0.4, 0.5) is 34.2 Å². The van der Waals surface area contributed by atoms with Crippen LogP contribution in [0.3, 0.4) is 0 Å². The van der Waals surface area contributed by atoms with Gasteiger partial charge in [0, 0.05) is 36.2 Å². The number of anilines is 3. The molecule has 4 aromatic heterocycles. The summed E-state index contributed by atoms with van der Waals surface area (Å²) in [5, 5.41) is 9.94. The van der Waals surface area contributed by atoms with E-state index in [4.69, 9.17) is 32.5 Å². The molecule has 1 aliphatic carbocycles. The van der Waals surface area contributed by atoms with Crippen molar-refractivity contribution in [3.05, 3.63) is 52.3 Å². The van der Waals surface area contributed by atoms with Crippen molar-refractivity contribution in [3.63, 3.8) is 0 Å². The minimum atomic E-state index is -2.32. The first-order valence-corrected chi connectivity index (χ1v) is 17.8. The quantitative estimate of drug-likeness (QED) is 0.181. The SMILES string of the molecule is COc1nc2c3c(c(Cl)c(-c4ncc(F)c5sc(N)c(C#N)c45)c(F)c3n1)OCCN2[C@H](C)c1cccnc1N.FC1(F)C[C@]12CC1CCCN1C2. The van der Waals surface area contributed by atoms with Gasteiger partial charge < -0.3 is 25.8 Å². The number of thiophene rings is 1. The molecule has 5 aromatic rings. The van der Waals surface area contributed by atoms with Crippen LogP contribution in [-0.2, 0) is 0 Å². The lowest BCUT2D eigenvalue weighted by atomic mass is 10.0. The van der Waals surface area contributed by atoms with Crippen LogP contribution in [-0.4, -0.2) is 70.2 Å². The van der Waals surface area contributed by atoms with Crippen LogP contribution >= 0.6 is 22.9 Å². The highest BCUT2D eigenvalue weighted by Gasteiger charge is 2.74. The molecule has 3 aliphatic heterocycles. The van der Waals surface area contributed by atoms with Gasteiger partial charge in [-0.3, -0.25) is 9.88 Å². The van der Waals surface area contributed by atoms with Gasteiger partial charge in [-0.15, -0.1) is 11.3 Å². The van der Waals surface area contributed by atoms with Crippen molar-refractivity contribution in [3.8, 4) is 29.1 Å². The summed E-state index contributed by atoms with van der Waals surface area (Å²) in [6.07, 6.45) is 5.81. The van der Waals surface area contributed by atoms with E-state index in [2.05, 4.69) is 24.8 Å². The number of methoxy groups -OCH3 is 1. The average Bonchev–Trinajstić information content (AvgIpc) is 3.44. The molecule has 1 unspecified atom stereocenters. The van der Waals surface area contributed by atoms with Crippen LogP contribution in [0.25, 0.3) is 32.2 Å². The average molecular weight is 754 g/mol. The van der Waals surface area contributed by atoms with E-state index < -0.39 is 23.0 Å². The van der Waals surface area contributed by atoms with E-state index >= 15 is 4.39 Å². The Labute approximate surface area is 304 Å². The number of fused-ring (bicyclic) bond motifs is 2. The normalized spacial score (nSPS) is 22.0. The van der Waals surface area contributed by atoms with Gasteiger partial charge in [0.25, 0.3) is 5.92 Å². The van der Waals surface area contributed by atoms with E-state index in [1.54, 1.807) is 12.3 Å². The molecule has 0 radical (unpaired) electrons. The zero-order valence-electron chi connectivity index (χ0n) is 28.0. The van der Waals surface area contributed by atoms with Crippen molar-refractivity contribution in [2.24, 2.45) is 5.41 Å². The Morgan fingerprint density at radius 3 is 2.67 bits per heavy atom. The van der Waals surface area contributed by atoms with Gasteiger partial charge >= 0.3 is 6.01 Å². The second-order valence-corrected chi connectivity index (χ2v) is 15.0. The number of nitrogen functional groups attached to an aromatic ring is 2. The molecular weight excluding hydrogens is 722 g/mol. The number of nitrogens with zero attached hydrogens (tertiary/aromatic N) is 7. The van der Waals surface area contributed by atoms with E-state index in [1.807, 2.05) is 24.0 Å². The molecule has 1 aromatic carbocycles. The third-order valence-electron chi connectivity index (χ3n) is 10.7. The number of ether oxygens (including phenoxy) is 2. The first-order chi connectivity index (χ1) is 24.9. The first-order valence-electron chi connectivity index (χ1n) is 16.6. The number of benzene rings is 1. The maximum atomic E-state index is 16.6. The molecule has 0 bridgehead atoms. The van der Waals surface area contributed by atoms with Crippen molar-refractivity contribution in [1.29, 1.82) is 5.26 Å². The Morgan fingerprint density at radius 1 is 1.19 bits per heavy atom. The minimum absolute atomic E-state index is 0.0284. The zero-order chi connectivity index (χ0) is 36.7. The van der Waals surface area contributed by atoms with Gasteiger partial charge in [0.2, 0.25) is 0 Å². The van der Waals surface area contributed by atoms with Crippen molar-refractivity contribution < 1.29 is 27.0 Å². The molecule has 17 heteroatoms. The molecule has 4 aliphatic rings. The monoisotopic (exact) mass is 753 g/mol. The Kier molecular flexibility index (Phi) is 8.23. The molecule has 1 saturated carbocycles. The Balaban J connectivity index is 0.000000269. The summed E-state index contributed by atoms with van der Waals surface area (Å²) < 4.78 is 68.7. The lowest BCUT2D eigenvalue weighted by Crippen LogP contribution is -2.31. The second-order valence-electron chi connectivity index (χ2n) is 13.5. The third kappa shape index (κ3) is 5.23. The molecule has 0 amide bonds. The van der Waals surface area contributed by atoms with Crippen molar-refractivity contribution in [2.45, 2.75) is 50.6 Å². The lowest BCUT2D eigenvalue weighted by molar-refractivity contribution is 0.0660. The molecule has 3 fully saturated rings. The molecule has 4 N–H and O–H groups in total. The summed E-state index contributed by atoms with van der Waals surface area (Å²) in [5.74, 6) is -3.13. The van der Waals surface area contributed by atoms with Gasteiger partial charge in [-0.25, -0.2) is 22.5 Å². The molecule has 52 heavy (non-hydrogen) atoms. The molecule has 7 heterocycles. The third-order valence-corrected chi connectivity index (χ3v) is 12.0. The van der Waals surface area contributed by atoms with Crippen molar-refractivity contribution in [2.75, 3.05) is 49.7 Å². The fourth-order valence-electron chi connectivity index (χ4n) is 7.96. The summed E-state index contributed by atoms with van der Waals surface area (Å²) in [6, 6.07) is 5.62. The van der Waals surface area contributed by atoms with Crippen LogP contribution in [0.15, 0.2) is 24.5 Å². The molecule has 270 valence electrons. The van der Waals surface area contributed by atoms with Crippen LogP contribution in [0.2, 0.25) is 5.02 Å². The number of pyridine rings is 2. The first kappa shape index (κ1) is 34.4. The van der Waals surface area contributed by atoms with Gasteiger partial charge in [-0.1, -0.05) is 17.7 Å². The van der Waals surface area contributed by atoms with Crippen LogP contribution < -0.4 is 25.8 Å². The number of hydrogen-bond donors (Lipinski definition) is 2. The molecule has 2 saturated heterocycles. The molecule has 11 nitrogen and oxygen atoms in total. The fourth-order valence-corrected chi connectivity index (χ4v) is 9.20. The maximum Gasteiger partial charge on any atom is 0.318 e. The Bertz CT molecular complexity index is 2310. The molecule has 3 atom stereocenters. The lowest BCUT2D eigenvalue weighted by Gasteiger charge is -2.30. The molecule has 9 rings (SSSR count). The van der Waals surface area contributed by atoms with Gasteiger partial charge in [0.1, 0.15) is 34.8 Å². The number of rotatable bonds is 4. The van der Waals surface area contributed by atoms with Gasteiger partial charge in [0.05, 0.1) is 63.2 Å². The number of hydrogen-bond acceptors (Lipinski definition) is 12. The topological polar surface area (TPSA) is 152 Å². The smallest absolute Gasteiger partial charge is 0.318 e. The standard InChI is InChI=1S/C26H19ClF2N8O2S.C9H13F2N/c1-10(11-4-3-5-33-23(11)31)37-6-7-39-21-16-20(35-26(38-2)36-25(16)37)18(29)15(17(21)27)19-14-12(8-30)24(32)40-22(14)13(28)9-34-19;10-9(11)5-8(9)4-7-2-1-3-12(7)6-8/h3-5,9-10H,6-7,32H2,1-2H3,(H2,31,33);7H,1-6H2/t10-;7?,8-/m10/s1. The predicted octanol–water partition coefficient (Wildman–Crippen LogP) is 7.12. The van der Waals surface area contributed by atoms with Gasteiger partial charge in [-0.05, 0) is 38.8 Å². The van der Waals surface area contributed by atoms with E-state index in [0.717, 1.165) is 42.5 Å². The molecule has 1 spiro atoms. The van der Waals surface area contributed by atoms with Gasteiger partial charge in [0.15, 0.2) is 17.4 Å². The van der Waals surface area contributed by atoms with E-state index in [9.17, 15) is 18.4 Å². The number of halogens is 5. The van der Waals surface area contributed by atoms with Crippen molar-refractivity contribution >= 4 is 60.6 Å². The number of alkyl halides is 2. The number of nitriles is 1. The van der Waals surface area contributed by atoms with Gasteiger partial charge in [-0.2, -0.15) is 15.2 Å². The van der Waals surface area contributed by atoms with Crippen LogP contribution in [0, 0.1) is 28.4 Å². The highest BCUT2D eigenvalue weighted by Crippen LogP contribution is 2.67. The number of aromatic nitrogens is 4. The predicted molar refractivity (Wildman–Crippen MR) is 190 cm³/mol. The summed E-state index contributed by atoms with van der Waals surface area (Å²) in [7, 11) is 1.36. The van der Waals surface area contributed by atoms with E-state index in [-0.39, 0.29) is 78.7 Å². The number of nitrogens with two attached hydrogens (primary N) is 2. The highest BCUT2D eigenvalue weighted by atomic mass is 35.5. The Hall–Kier alpha value is -4.72. The van der Waals surface area contributed by atoms with Crippen LogP contribution in [0.1, 0.15) is 49.8 Å². The van der Waals surface area contributed by atoms with E-state index in [0.29, 0.717) is 30.8 Å². The summed E-state index contributed by atoms with van der Waals surface area (Å²) >= 11 is 7.71. The summed E-state index contributed by atoms with van der Waals surface area (Å²) in [6.45, 7) is 4.11. The van der Waals surface area contributed by atoms with Crippen LogP contribution in [0.5, 0.6) is 11.8 Å². The second kappa shape index (κ2) is 12.5.